The predicted molar refractivity (Wildman–Crippen MR) is 163 cm³/mol. The summed E-state index contributed by atoms with van der Waals surface area (Å²) in [7, 11) is 0. The minimum Gasteiger partial charge on any atom is -0.345 e. The van der Waals surface area contributed by atoms with Crippen LogP contribution in [-0.4, -0.2) is 32.3 Å². The Bertz CT molecular complexity index is 1650. The lowest BCUT2D eigenvalue weighted by molar-refractivity contribution is -0.137. The summed E-state index contributed by atoms with van der Waals surface area (Å²) in [5.74, 6) is -0.586. The maximum Gasteiger partial charge on any atom is 0.416 e. The van der Waals surface area contributed by atoms with E-state index in [1.807, 2.05) is 44.2 Å². The molecule has 0 spiro atoms. The minimum atomic E-state index is -4.58. The number of nitrogens with one attached hydrogen (secondary N) is 2. The summed E-state index contributed by atoms with van der Waals surface area (Å²) in [6.07, 6.45) is -4.58. The Labute approximate surface area is 257 Å². The Morgan fingerprint density at radius 2 is 1.60 bits per heavy atom. The summed E-state index contributed by atoms with van der Waals surface area (Å²) >= 11 is 7.08. The number of benzene rings is 3. The molecule has 0 bridgehead atoms. The monoisotopic (exact) mass is 629 g/mol. The summed E-state index contributed by atoms with van der Waals surface area (Å²) in [4.78, 5) is 25.7. The van der Waals surface area contributed by atoms with Crippen LogP contribution in [-0.2, 0) is 22.9 Å². The van der Waals surface area contributed by atoms with Gasteiger partial charge in [0.1, 0.15) is 0 Å². The lowest BCUT2D eigenvalue weighted by Gasteiger charge is -2.19. The largest absolute Gasteiger partial charge is 0.416 e. The third kappa shape index (κ3) is 7.97. The molecule has 0 aliphatic heterocycles. The van der Waals surface area contributed by atoms with E-state index < -0.39 is 17.6 Å². The second-order valence-corrected chi connectivity index (χ2v) is 12.4. The Balaban J connectivity index is 1.53. The van der Waals surface area contributed by atoms with Gasteiger partial charge in [-0.25, -0.2) is 0 Å². The van der Waals surface area contributed by atoms with Gasteiger partial charge in [0.25, 0.3) is 5.91 Å². The minimum absolute atomic E-state index is 0.0176. The number of halogens is 4. The lowest BCUT2D eigenvalue weighted by atomic mass is 9.87. The molecule has 3 aromatic carbocycles. The predicted octanol–water partition coefficient (Wildman–Crippen LogP) is 7.51. The van der Waals surface area contributed by atoms with E-state index in [4.69, 9.17) is 11.6 Å². The van der Waals surface area contributed by atoms with Gasteiger partial charge in [-0.15, -0.1) is 10.2 Å². The van der Waals surface area contributed by atoms with Gasteiger partial charge in [0, 0.05) is 5.56 Å². The highest BCUT2D eigenvalue weighted by Gasteiger charge is 2.31. The molecule has 0 unspecified atom stereocenters. The van der Waals surface area contributed by atoms with Crippen LogP contribution < -0.4 is 10.6 Å². The van der Waals surface area contributed by atoms with E-state index in [-0.39, 0.29) is 34.3 Å². The molecular weight excluding hydrogens is 599 g/mol. The molecule has 0 aliphatic rings. The number of nitrogens with zero attached hydrogens (tertiary/aromatic N) is 3. The van der Waals surface area contributed by atoms with Gasteiger partial charge < -0.3 is 10.6 Å². The topological polar surface area (TPSA) is 88.9 Å². The third-order valence-corrected chi connectivity index (χ3v) is 7.88. The lowest BCUT2D eigenvalue weighted by Crippen LogP contribution is -2.25. The van der Waals surface area contributed by atoms with E-state index in [2.05, 4.69) is 41.6 Å². The number of hydrogen-bond acceptors (Lipinski definition) is 5. The summed E-state index contributed by atoms with van der Waals surface area (Å²) in [6, 6.07) is 16.0. The Kier molecular flexibility index (Phi) is 9.56. The second-order valence-electron chi connectivity index (χ2n) is 11.1. The standard InChI is InChI=1S/C31H31ClF3N5O2S/c1-18-6-7-19(2)25(14-18)40-26(16-36-28(42)20-8-10-21(11-9-20)30(3,4)5)38-39-29(40)43-17-27(41)37-24-15-22(31(33,34)35)12-13-23(24)32/h6-15H,16-17H2,1-5H3,(H,36,42)(H,37,41). The summed E-state index contributed by atoms with van der Waals surface area (Å²) in [5, 5.41) is 14.2. The van der Waals surface area contributed by atoms with Crippen molar-refractivity contribution in [2.75, 3.05) is 11.1 Å². The van der Waals surface area contributed by atoms with Crippen LogP contribution in [0.3, 0.4) is 0 Å². The fraction of sp³-hybridized carbons (Fsp3) is 0.290. The third-order valence-electron chi connectivity index (χ3n) is 6.63. The summed E-state index contributed by atoms with van der Waals surface area (Å²) < 4.78 is 41.2. The maximum absolute atomic E-state index is 13.1. The zero-order chi connectivity index (χ0) is 31.5. The Morgan fingerprint density at radius 3 is 2.26 bits per heavy atom. The van der Waals surface area contributed by atoms with Crippen LogP contribution in [0.1, 0.15) is 59.2 Å². The molecule has 43 heavy (non-hydrogen) atoms. The first kappa shape index (κ1) is 32.1. The highest BCUT2D eigenvalue weighted by atomic mass is 35.5. The Morgan fingerprint density at radius 1 is 0.930 bits per heavy atom. The number of anilines is 1. The van der Waals surface area contributed by atoms with Gasteiger partial charge in [-0.2, -0.15) is 13.2 Å². The SMILES string of the molecule is Cc1ccc(C)c(-n2c(CNC(=O)c3ccc(C(C)(C)C)cc3)nnc2SCC(=O)Nc2cc(C(F)(F)F)ccc2Cl)c1. The van der Waals surface area contributed by atoms with Crippen molar-refractivity contribution in [3.63, 3.8) is 0 Å². The number of alkyl halides is 3. The van der Waals surface area contributed by atoms with Gasteiger partial charge in [0.2, 0.25) is 5.91 Å². The van der Waals surface area contributed by atoms with Crippen LogP contribution in [0.25, 0.3) is 5.69 Å². The molecule has 1 aromatic heterocycles. The van der Waals surface area contributed by atoms with Crippen LogP contribution in [0.4, 0.5) is 18.9 Å². The molecule has 12 heteroatoms. The van der Waals surface area contributed by atoms with Gasteiger partial charge in [-0.05, 0) is 72.4 Å². The van der Waals surface area contributed by atoms with E-state index in [0.29, 0.717) is 16.5 Å². The molecular formula is C31H31ClF3N5O2S. The van der Waals surface area contributed by atoms with Crippen molar-refractivity contribution in [1.82, 2.24) is 20.1 Å². The average molecular weight is 630 g/mol. The molecule has 4 aromatic rings. The van der Waals surface area contributed by atoms with Crippen molar-refractivity contribution in [3.8, 4) is 5.69 Å². The first-order valence-electron chi connectivity index (χ1n) is 13.3. The van der Waals surface area contributed by atoms with E-state index in [1.165, 1.54) is 0 Å². The van der Waals surface area contributed by atoms with Crippen molar-refractivity contribution in [1.29, 1.82) is 0 Å². The van der Waals surface area contributed by atoms with Gasteiger partial charge in [-0.1, -0.05) is 68.4 Å². The van der Waals surface area contributed by atoms with E-state index in [0.717, 1.165) is 52.3 Å². The molecule has 1 heterocycles. The van der Waals surface area contributed by atoms with Crippen LogP contribution in [0.5, 0.6) is 0 Å². The van der Waals surface area contributed by atoms with Crippen molar-refractivity contribution >= 4 is 40.9 Å². The van der Waals surface area contributed by atoms with E-state index in [9.17, 15) is 22.8 Å². The molecule has 0 fully saturated rings. The molecule has 0 atom stereocenters. The molecule has 2 N–H and O–H groups in total. The zero-order valence-electron chi connectivity index (χ0n) is 24.3. The van der Waals surface area contributed by atoms with Gasteiger partial charge in [0.05, 0.1) is 34.3 Å². The number of carbonyl (C=O) groups excluding carboxylic acids is 2. The molecule has 0 radical (unpaired) electrons. The average Bonchev–Trinajstić information content (AvgIpc) is 3.34. The summed E-state index contributed by atoms with van der Waals surface area (Å²) in [6.45, 7) is 10.2. The number of aryl methyl sites for hydroxylation is 2. The van der Waals surface area contributed by atoms with Crippen LogP contribution in [0.2, 0.25) is 5.02 Å². The van der Waals surface area contributed by atoms with Crippen molar-refractivity contribution in [2.45, 2.75) is 57.9 Å². The van der Waals surface area contributed by atoms with Gasteiger partial charge in [-0.3, -0.25) is 14.2 Å². The van der Waals surface area contributed by atoms with E-state index >= 15 is 0 Å². The highest BCUT2D eigenvalue weighted by molar-refractivity contribution is 7.99. The first-order valence-corrected chi connectivity index (χ1v) is 14.7. The number of carbonyl (C=O) groups is 2. The highest BCUT2D eigenvalue weighted by Crippen LogP contribution is 2.34. The first-order chi connectivity index (χ1) is 20.1. The van der Waals surface area contributed by atoms with Crippen molar-refractivity contribution < 1.29 is 22.8 Å². The molecule has 0 saturated carbocycles. The fourth-order valence-electron chi connectivity index (χ4n) is 4.21. The second kappa shape index (κ2) is 12.8. The van der Waals surface area contributed by atoms with Crippen LogP contribution >= 0.6 is 23.4 Å². The molecule has 226 valence electrons. The molecule has 0 aliphatic carbocycles. The molecule has 7 nitrogen and oxygen atoms in total. The molecule has 2 amide bonds. The van der Waals surface area contributed by atoms with Gasteiger partial charge >= 0.3 is 6.18 Å². The number of hydrogen-bond donors (Lipinski definition) is 2. The number of aromatic nitrogens is 3. The van der Waals surface area contributed by atoms with E-state index in [1.54, 1.807) is 16.7 Å². The Hall–Kier alpha value is -3.83. The number of thioether (sulfide) groups is 1. The zero-order valence-corrected chi connectivity index (χ0v) is 25.8. The van der Waals surface area contributed by atoms with Crippen LogP contribution in [0.15, 0.2) is 65.8 Å². The summed E-state index contributed by atoms with van der Waals surface area (Å²) in [5.41, 5.74) is 3.18. The van der Waals surface area contributed by atoms with Crippen molar-refractivity contribution in [3.05, 3.63) is 99.3 Å². The van der Waals surface area contributed by atoms with Crippen LogP contribution in [0, 0.1) is 13.8 Å². The normalized spacial score (nSPS) is 11.8. The van der Waals surface area contributed by atoms with Crippen molar-refractivity contribution in [2.24, 2.45) is 0 Å². The molecule has 4 rings (SSSR count). The maximum atomic E-state index is 13.1. The number of amides is 2. The fourth-order valence-corrected chi connectivity index (χ4v) is 5.14. The quantitative estimate of drug-likeness (QED) is 0.197. The number of rotatable bonds is 8. The molecule has 0 saturated heterocycles. The van der Waals surface area contributed by atoms with Gasteiger partial charge in [0.15, 0.2) is 11.0 Å². The smallest absolute Gasteiger partial charge is 0.345 e.